The lowest BCUT2D eigenvalue weighted by Gasteiger charge is -2.57. The third-order valence-corrected chi connectivity index (χ3v) is 45.0. The molecule has 22 heavy (non-hydrogen) atoms. The van der Waals surface area contributed by atoms with E-state index in [1.807, 2.05) is 0 Å². The topological polar surface area (TPSA) is 0 Å². The summed E-state index contributed by atoms with van der Waals surface area (Å²) in [4.78, 5) is 0. The van der Waals surface area contributed by atoms with Crippen LogP contribution >= 0.6 is 0 Å². The summed E-state index contributed by atoms with van der Waals surface area (Å²) in [7, 11) is -4.19. The molecule has 116 valence electrons. The van der Waals surface area contributed by atoms with E-state index >= 15 is 0 Å². The molecule has 0 nitrogen and oxygen atoms in total. The third kappa shape index (κ3) is 2.22. The van der Waals surface area contributed by atoms with Crippen LogP contribution in [0.5, 0.6) is 0 Å². The van der Waals surface area contributed by atoms with Gasteiger partial charge in [0.25, 0.3) is 0 Å². The van der Waals surface area contributed by atoms with Gasteiger partial charge >= 0.3 is 0 Å². The van der Waals surface area contributed by atoms with Crippen LogP contribution in [-0.2, 0) is 0 Å². The zero-order chi connectivity index (χ0) is 15.8. The van der Waals surface area contributed by atoms with Gasteiger partial charge in [0.05, 0.1) is 0 Å². The zero-order valence-corrected chi connectivity index (χ0v) is 17.4. The van der Waals surface area contributed by atoms with E-state index in [1.165, 1.54) is 18.5 Å². The van der Waals surface area contributed by atoms with Crippen LogP contribution in [0.25, 0.3) is 0 Å². The highest BCUT2D eigenvalue weighted by Gasteiger charge is 2.62. The molecule has 2 aromatic carbocycles. The Morgan fingerprint density at radius 1 is 0.591 bits per heavy atom. The van der Waals surface area contributed by atoms with Crippen molar-refractivity contribution in [1.29, 1.82) is 0 Å². The third-order valence-electron chi connectivity index (χ3n) is 6.05. The first-order chi connectivity index (χ1) is 10.4. The first-order valence-electron chi connectivity index (χ1n) is 8.53. The molecular formula is C19H28Si3. The fourth-order valence-corrected chi connectivity index (χ4v) is 54.2. The minimum absolute atomic E-state index is 1.29. The van der Waals surface area contributed by atoms with Crippen LogP contribution in [0.2, 0.25) is 38.3 Å². The molecule has 0 unspecified atom stereocenters. The van der Waals surface area contributed by atoms with Gasteiger partial charge in [-0.2, -0.15) is 0 Å². The lowest BCUT2D eigenvalue weighted by atomic mass is 10.4. The van der Waals surface area contributed by atoms with Gasteiger partial charge < -0.3 is 0 Å². The number of hydrogen-bond acceptors (Lipinski definition) is 0. The molecule has 3 heteroatoms. The van der Waals surface area contributed by atoms with Gasteiger partial charge in [-0.1, -0.05) is 116 Å². The van der Waals surface area contributed by atoms with Gasteiger partial charge in [-0.25, -0.2) is 0 Å². The number of rotatable bonds is 2. The van der Waals surface area contributed by atoms with Crippen LogP contribution in [0.4, 0.5) is 0 Å². The Bertz CT molecular complexity index is 575. The molecule has 1 heterocycles. The van der Waals surface area contributed by atoms with Gasteiger partial charge in [0.1, 0.15) is 7.11 Å². The maximum atomic E-state index is 2.70. The predicted molar refractivity (Wildman–Crippen MR) is 107 cm³/mol. The van der Waals surface area contributed by atoms with Crippen molar-refractivity contribution in [2.24, 2.45) is 0 Å². The Balaban J connectivity index is 2.36. The summed E-state index contributed by atoms with van der Waals surface area (Å²) in [5.41, 5.74) is 0. The van der Waals surface area contributed by atoms with Crippen LogP contribution in [-0.4, -0.2) is 22.3 Å². The second-order valence-electron chi connectivity index (χ2n) is 8.10. The van der Waals surface area contributed by atoms with E-state index in [0.29, 0.717) is 0 Å². The molecule has 0 amide bonds. The molecule has 0 N–H and O–H groups in total. The molecule has 0 bridgehead atoms. The van der Waals surface area contributed by atoms with Crippen molar-refractivity contribution in [2.75, 3.05) is 0 Å². The van der Waals surface area contributed by atoms with Crippen molar-refractivity contribution in [3.05, 3.63) is 60.7 Å². The molecule has 1 fully saturated rings. The smallest absolute Gasteiger partial charge is 0.0709 e. The SMILES string of the molecule is C[Si]1(C)CCC[Si](C)(C)[Si]1(c1ccccc1)c1ccccc1. The Morgan fingerprint density at radius 3 is 1.32 bits per heavy atom. The van der Waals surface area contributed by atoms with Crippen LogP contribution in [0, 0.1) is 0 Å². The molecule has 1 saturated heterocycles. The normalized spacial score (nSPS) is 22.2. The summed E-state index contributed by atoms with van der Waals surface area (Å²) in [5.74, 6) is 0. The van der Waals surface area contributed by atoms with Gasteiger partial charge in [0.2, 0.25) is 0 Å². The van der Waals surface area contributed by atoms with E-state index in [2.05, 4.69) is 86.9 Å². The van der Waals surface area contributed by atoms with E-state index in [1.54, 1.807) is 10.4 Å². The summed E-state index contributed by atoms with van der Waals surface area (Å²) < 4.78 is 0. The van der Waals surface area contributed by atoms with Crippen molar-refractivity contribution in [2.45, 2.75) is 44.7 Å². The average molecular weight is 341 g/mol. The van der Waals surface area contributed by atoms with Crippen molar-refractivity contribution in [1.82, 2.24) is 0 Å². The van der Waals surface area contributed by atoms with Crippen molar-refractivity contribution < 1.29 is 0 Å². The molecule has 3 rings (SSSR count). The Labute approximate surface area is 138 Å². The summed E-state index contributed by atoms with van der Waals surface area (Å²) in [6.07, 6.45) is 1.48. The molecule has 0 spiro atoms. The Hall–Kier alpha value is -0.909. The highest BCUT2D eigenvalue weighted by atomic mass is 29.6. The van der Waals surface area contributed by atoms with Crippen molar-refractivity contribution in [3.63, 3.8) is 0 Å². The Kier molecular flexibility index (Phi) is 4.08. The standard InChI is InChI=1S/C19H28Si3/c1-20(2)16-11-17-21(3,4)22(20,18-12-7-5-8-13-18)19-14-9-6-10-15-19/h5-10,12-15H,11,16-17H2,1-4H3. The lowest BCUT2D eigenvalue weighted by Crippen LogP contribution is -2.87. The quantitative estimate of drug-likeness (QED) is 0.718. The maximum absolute atomic E-state index is 2.70. The van der Waals surface area contributed by atoms with Gasteiger partial charge in [-0.15, -0.1) is 0 Å². The van der Waals surface area contributed by atoms with E-state index in [4.69, 9.17) is 0 Å². The molecule has 0 saturated carbocycles. The van der Waals surface area contributed by atoms with Gasteiger partial charge in [-0.05, 0) is 0 Å². The molecule has 0 atom stereocenters. The predicted octanol–water partition coefficient (Wildman–Crippen LogP) is 4.23. The first kappa shape index (κ1) is 16.0. The maximum Gasteiger partial charge on any atom is 0.104 e. The van der Waals surface area contributed by atoms with Crippen LogP contribution in [0.15, 0.2) is 60.7 Å². The summed E-state index contributed by atoms with van der Waals surface area (Å²) in [6, 6.07) is 26.4. The summed E-state index contributed by atoms with van der Waals surface area (Å²) in [6.45, 7) is 10.8. The second kappa shape index (κ2) is 5.62. The fraction of sp³-hybridized carbons (Fsp3) is 0.368. The van der Waals surface area contributed by atoms with Gasteiger partial charge in [0.15, 0.2) is 0 Å². The van der Waals surface area contributed by atoms with Crippen molar-refractivity contribution >= 4 is 32.7 Å². The molecule has 0 radical (unpaired) electrons. The van der Waals surface area contributed by atoms with Crippen molar-refractivity contribution in [3.8, 4) is 0 Å². The second-order valence-corrected chi connectivity index (χ2v) is 33.4. The zero-order valence-electron chi connectivity index (χ0n) is 14.4. The van der Waals surface area contributed by atoms with E-state index < -0.39 is 22.3 Å². The summed E-state index contributed by atoms with van der Waals surface area (Å²) in [5, 5.41) is 3.46. The number of benzene rings is 2. The molecule has 0 aliphatic carbocycles. The minimum atomic E-state index is -1.61. The average Bonchev–Trinajstić information content (AvgIpc) is 2.48. The molecule has 1 aliphatic rings. The van der Waals surface area contributed by atoms with E-state index in [-0.39, 0.29) is 0 Å². The van der Waals surface area contributed by atoms with E-state index in [0.717, 1.165) is 0 Å². The highest BCUT2D eigenvalue weighted by Crippen LogP contribution is 2.40. The lowest BCUT2D eigenvalue weighted by molar-refractivity contribution is 1.02. The molecule has 0 aromatic heterocycles. The molecule has 1 aliphatic heterocycles. The first-order valence-corrected chi connectivity index (χ1v) is 18.9. The highest BCUT2D eigenvalue weighted by molar-refractivity contribution is 7.77. The van der Waals surface area contributed by atoms with Gasteiger partial charge in [0, 0.05) is 15.2 Å². The monoisotopic (exact) mass is 340 g/mol. The fourth-order valence-electron chi connectivity index (χ4n) is 5.37. The summed E-state index contributed by atoms with van der Waals surface area (Å²) >= 11 is 0. The Morgan fingerprint density at radius 2 is 0.955 bits per heavy atom. The van der Waals surface area contributed by atoms with Gasteiger partial charge in [-0.3, -0.25) is 0 Å². The van der Waals surface area contributed by atoms with E-state index in [9.17, 15) is 0 Å². The van der Waals surface area contributed by atoms with Crippen LogP contribution in [0.3, 0.4) is 0 Å². The van der Waals surface area contributed by atoms with Crippen LogP contribution in [0.1, 0.15) is 6.42 Å². The van der Waals surface area contributed by atoms with Crippen LogP contribution < -0.4 is 10.4 Å². The largest absolute Gasteiger partial charge is 0.104 e. The molecule has 2 aromatic rings. The minimum Gasteiger partial charge on any atom is -0.0709 e. The molecular weight excluding hydrogens is 312 g/mol. The number of hydrogen-bond donors (Lipinski definition) is 0.